The van der Waals surface area contributed by atoms with Gasteiger partial charge in [0.1, 0.15) is 4.60 Å². The summed E-state index contributed by atoms with van der Waals surface area (Å²) in [7, 11) is 0. The van der Waals surface area contributed by atoms with Crippen LogP contribution in [0.15, 0.2) is 16.9 Å². The van der Waals surface area contributed by atoms with Crippen LogP contribution in [0, 0.1) is 0 Å². The molecule has 0 aliphatic rings. The van der Waals surface area contributed by atoms with Crippen LogP contribution >= 0.6 is 15.9 Å². The van der Waals surface area contributed by atoms with Crippen molar-refractivity contribution in [3.05, 3.63) is 22.4 Å². The maximum Gasteiger partial charge on any atom is 0.573 e. The van der Waals surface area contributed by atoms with E-state index in [2.05, 4.69) is 25.7 Å². The third-order valence-corrected chi connectivity index (χ3v) is 1.79. The van der Waals surface area contributed by atoms with Crippen LogP contribution in [0.4, 0.5) is 13.2 Å². The van der Waals surface area contributed by atoms with Crippen LogP contribution in [0.1, 0.15) is 5.56 Å². The third kappa shape index (κ3) is 3.15. The molecule has 1 heterocycles. The van der Waals surface area contributed by atoms with Crippen molar-refractivity contribution in [3.8, 4) is 5.75 Å². The first-order valence-electron chi connectivity index (χ1n) is 3.52. The summed E-state index contributed by atoms with van der Waals surface area (Å²) in [6, 6.07) is 1.38. The molecule has 0 aromatic carbocycles. The molecule has 3 nitrogen and oxygen atoms in total. The number of hydrogen-bond acceptors (Lipinski definition) is 3. The van der Waals surface area contributed by atoms with Crippen molar-refractivity contribution in [1.82, 2.24) is 4.98 Å². The number of nitrogens with zero attached hydrogens (tertiary/aromatic N) is 1. The molecular weight excluding hydrogens is 265 g/mol. The zero-order valence-corrected chi connectivity index (χ0v) is 8.39. The molecule has 0 atom stereocenters. The van der Waals surface area contributed by atoms with Gasteiger partial charge in [0.15, 0.2) is 5.75 Å². The Labute approximate surface area is 86.2 Å². The predicted molar refractivity (Wildman–Crippen MR) is 46.5 cm³/mol. The van der Waals surface area contributed by atoms with Gasteiger partial charge < -0.3 is 10.5 Å². The SMILES string of the molecule is NCc1cc(Br)ncc1OC(F)(F)F. The number of alkyl halides is 3. The molecule has 0 fully saturated rings. The molecule has 0 radical (unpaired) electrons. The average Bonchev–Trinajstić information content (AvgIpc) is 2.06. The van der Waals surface area contributed by atoms with Gasteiger partial charge in [-0.25, -0.2) is 4.98 Å². The van der Waals surface area contributed by atoms with Gasteiger partial charge in [-0.3, -0.25) is 0 Å². The number of aromatic nitrogens is 1. The van der Waals surface area contributed by atoms with E-state index in [1.54, 1.807) is 0 Å². The Balaban J connectivity index is 2.97. The fraction of sp³-hybridized carbons (Fsp3) is 0.286. The summed E-state index contributed by atoms with van der Waals surface area (Å²) in [6.45, 7) is -0.0491. The fourth-order valence-corrected chi connectivity index (χ4v) is 1.21. The Morgan fingerprint density at radius 3 is 2.64 bits per heavy atom. The van der Waals surface area contributed by atoms with Gasteiger partial charge in [-0.2, -0.15) is 0 Å². The Kier molecular flexibility index (Phi) is 3.33. The van der Waals surface area contributed by atoms with Gasteiger partial charge in [0, 0.05) is 12.1 Å². The lowest BCUT2D eigenvalue weighted by Gasteiger charge is -2.11. The van der Waals surface area contributed by atoms with E-state index < -0.39 is 6.36 Å². The maximum atomic E-state index is 11.9. The van der Waals surface area contributed by atoms with Gasteiger partial charge >= 0.3 is 6.36 Å². The normalized spacial score (nSPS) is 11.5. The molecule has 1 rings (SSSR count). The molecule has 0 aliphatic carbocycles. The van der Waals surface area contributed by atoms with Crippen LogP contribution in [-0.4, -0.2) is 11.3 Å². The Morgan fingerprint density at radius 2 is 2.14 bits per heavy atom. The molecule has 0 spiro atoms. The summed E-state index contributed by atoms with van der Waals surface area (Å²) in [5.41, 5.74) is 5.48. The highest BCUT2D eigenvalue weighted by molar-refractivity contribution is 9.10. The second kappa shape index (κ2) is 4.14. The second-order valence-electron chi connectivity index (χ2n) is 2.37. The molecule has 0 saturated heterocycles. The smallest absolute Gasteiger partial charge is 0.404 e. The van der Waals surface area contributed by atoms with E-state index in [9.17, 15) is 13.2 Å². The van der Waals surface area contributed by atoms with Crippen LogP contribution in [0.3, 0.4) is 0 Å². The van der Waals surface area contributed by atoms with Crippen LogP contribution in [-0.2, 0) is 6.54 Å². The number of pyridine rings is 1. The van der Waals surface area contributed by atoms with Crippen LogP contribution < -0.4 is 10.5 Å². The highest BCUT2D eigenvalue weighted by Gasteiger charge is 2.32. The third-order valence-electron chi connectivity index (χ3n) is 1.36. The predicted octanol–water partition coefficient (Wildman–Crippen LogP) is 2.20. The Bertz CT molecular complexity index is 329. The summed E-state index contributed by atoms with van der Waals surface area (Å²) in [5, 5.41) is 0. The first-order chi connectivity index (χ1) is 6.42. The molecule has 0 bridgehead atoms. The largest absolute Gasteiger partial charge is 0.573 e. The van der Waals surface area contributed by atoms with E-state index in [1.165, 1.54) is 6.07 Å². The van der Waals surface area contributed by atoms with E-state index in [0.717, 1.165) is 6.20 Å². The maximum absolute atomic E-state index is 11.9. The van der Waals surface area contributed by atoms with Crippen molar-refractivity contribution in [2.45, 2.75) is 12.9 Å². The van der Waals surface area contributed by atoms with Crippen molar-refractivity contribution in [3.63, 3.8) is 0 Å². The van der Waals surface area contributed by atoms with Crippen LogP contribution in [0.2, 0.25) is 0 Å². The van der Waals surface area contributed by atoms with Crippen LogP contribution in [0.5, 0.6) is 5.75 Å². The van der Waals surface area contributed by atoms with Gasteiger partial charge in [0.05, 0.1) is 6.20 Å². The monoisotopic (exact) mass is 270 g/mol. The van der Waals surface area contributed by atoms with Crippen LogP contribution in [0.25, 0.3) is 0 Å². The molecule has 7 heteroatoms. The lowest BCUT2D eigenvalue weighted by atomic mass is 10.2. The van der Waals surface area contributed by atoms with Gasteiger partial charge in [-0.15, -0.1) is 13.2 Å². The lowest BCUT2D eigenvalue weighted by Crippen LogP contribution is -2.18. The molecule has 2 N–H and O–H groups in total. The molecular formula is C7H6BrF3N2O. The quantitative estimate of drug-likeness (QED) is 0.839. The summed E-state index contributed by atoms with van der Waals surface area (Å²) >= 11 is 3.01. The Morgan fingerprint density at radius 1 is 1.50 bits per heavy atom. The first-order valence-corrected chi connectivity index (χ1v) is 4.32. The highest BCUT2D eigenvalue weighted by atomic mass is 79.9. The minimum atomic E-state index is -4.72. The minimum Gasteiger partial charge on any atom is -0.404 e. The van der Waals surface area contributed by atoms with Crippen molar-refractivity contribution in [2.24, 2.45) is 5.73 Å². The molecule has 0 saturated carbocycles. The second-order valence-corrected chi connectivity index (χ2v) is 3.18. The number of ether oxygens (including phenoxy) is 1. The number of halogens is 4. The molecule has 1 aromatic heterocycles. The van der Waals surface area contributed by atoms with E-state index in [4.69, 9.17) is 5.73 Å². The van der Waals surface area contributed by atoms with E-state index >= 15 is 0 Å². The van der Waals surface area contributed by atoms with Gasteiger partial charge in [0.25, 0.3) is 0 Å². The molecule has 1 aromatic rings. The highest BCUT2D eigenvalue weighted by Crippen LogP contribution is 2.26. The summed E-state index contributed by atoms with van der Waals surface area (Å²) in [5.74, 6) is -0.372. The van der Waals surface area contributed by atoms with Gasteiger partial charge in [-0.05, 0) is 22.0 Å². The number of rotatable bonds is 2. The number of nitrogens with two attached hydrogens (primary N) is 1. The lowest BCUT2D eigenvalue weighted by molar-refractivity contribution is -0.275. The first kappa shape index (κ1) is 11.3. The fourth-order valence-electron chi connectivity index (χ4n) is 0.831. The van der Waals surface area contributed by atoms with E-state index in [1.807, 2.05) is 0 Å². The zero-order chi connectivity index (χ0) is 10.8. The molecule has 14 heavy (non-hydrogen) atoms. The summed E-state index contributed by atoms with van der Waals surface area (Å²) in [4.78, 5) is 3.61. The van der Waals surface area contributed by atoms with Gasteiger partial charge in [-0.1, -0.05) is 0 Å². The van der Waals surface area contributed by atoms with Crippen molar-refractivity contribution in [2.75, 3.05) is 0 Å². The Hall–Kier alpha value is -0.820. The van der Waals surface area contributed by atoms with Crippen molar-refractivity contribution in [1.29, 1.82) is 0 Å². The van der Waals surface area contributed by atoms with E-state index in [0.29, 0.717) is 4.60 Å². The van der Waals surface area contributed by atoms with Crippen molar-refractivity contribution >= 4 is 15.9 Å². The molecule has 0 aliphatic heterocycles. The zero-order valence-electron chi connectivity index (χ0n) is 6.81. The van der Waals surface area contributed by atoms with E-state index in [-0.39, 0.29) is 17.9 Å². The average molecular weight is 271 g/mol. The van der Waals surface area contributed by atoms with Gasteiger partial charge in [0.2, 0.25) is 0 Å². The summed E-state index contributed by atoms with van der Waals surface area (Å²) in [6.07, 6.45) is -3.75. The number of hydrogen-bond donors (Lipinski definition) is 1. The topological polar surface area (TPSA) is 48.1 Å². The molecule has 0 unspecified atom stereocenters. The van der Waals surface area contributed by atoms with Crippen molar-refractivity contribution < 1.29 is 17.9 Å². The molecule has 78 valence electrons. The standard InChI is InChI=1S/C7H6BrF3N2O/c8-6-1-4(2-12)5(3-13-6)14-7(9,10)11/h1,3H,2,12H2. The molecule has 0 amide bonds. The summed E-state index contributed by atoms with van der Waals surface area (Å²) < 4.78 is 39.7. The minimum absolute atomic E-state index is 0.0491.